The average molecular weight is 311 g/mol. The van der Waals surface area contributed by atoms with E-state index in [1.807, 2.05) is 0 Å². The van der Waals surface area contributed by atoms with Gasteiger partial charge in [0.15, 0.2) is 9.84 Å². The maximum Gasteiger partial charge on any atom is 0.311 e. The Hall–Kier alpha value is -1.89. The zero-order chi connectivity index (χ0) is 15.8. The second kappa shape index (κ2) is 5.48. The van der Waals surface area contributed by atoms with Crippen molar-refractivity contribution in [3.63, 3.8) is 0 Å². The van der Waals surface area contributed by atoms with Crippen molar-refractivity contribution in [1.29, 1.82) is 0 Å². The minimum absolute atomic E-state index is 0.233. The maximum absolute atomic E-state index is 12.0. The molecule has 1 aliphatic carbocycles. The molecule has 1 aromatic rings. The van der Waals surface area contributed by atoms with Crippen LogP contribution in [0.25, 0.3) is 0 Å². The van der Waals surface area contributed by atoms with E-state index in [0.717, 1.165) is 11.8 Å². The summed E-state index contributed by atoms with van der Waals surface area (Å²) in [6.45, 7) is 1.32. The predicted molar refractivity (Wildman–Crippen MR) is 76.6 cm³/mol. The van der Waals surface area contributed by atoms with Crippen LogP contribution < -0.4 is 5.32 Å². The molecule has 1 aliphatic rings. The van der Waals surface area contributed by atoms with Crippen LogP contribution in [0.4, 0.5) is 0 Å². The van der Waals surface area contributed by atoms with Gasteiger partial charge in [0.2, 0.25) is 5.91 Å². The van der Waals surface area contributed by atoms with Gasteiger partial charge in [-0.1, -0.05) is 24.3 Å². The molecule has 0 fully saturated rings. The van der Waals surface area contributed by atoms with Crippen LogP contribution in [0, 0.1) is 0 Å². The highest BCUT2D eigenvalue weighted by Gasteiger charge is 2.37. The van der Waals surface area contributed by atoms with E-state index in [1.54, 1.807) is 24.3 Å². The molecule has 2 rings (SSSR count). The summed E-state index contributed by atoms with van der Waals surface area (Å²) in [5.74, 6) is -2.24. The molecule has 0 aromatic heterocycles. The molecule has 1 aromatic carbocycles. The van der Waals surface area contributed by atoms with Crippen LogP contribution in [0.3, 0.4) is 0 Å². The molecule has 7 heteroatoms. The third-order valence-corrected chi connectivity index (χ3v) is 5.34. The lowest BCUT2D eigenvalue weighted by molar-refractivity contribution is -0.139. The summed E-state index contributed by atoms with van der Waals surface area (Å²) in [4.78, 5) is 23.3. The maximum atomic E-state index is 12.0. The summed E-state index contributed by atoms with van der Waals surface area (Å²) in [7, 11) is -3.48. The lowest BCUT2D eigenvalue weighted by Gasteiger charge is -2.17. The van der Waals surface area contributed by atoms with Gasteiger partial charge in [-0.25, -0.2) is 8.42 Å². The van der Waals surface area contributed by atoms with Crippen LogP contribution in [-0.2, 0) is 19.4 Å². The van der Waals surface area contributed by atoms with Gasteiger partial charge in [0, 0.05) is 6.26 Å². The Morgan fingerprint density at radius 3 is 2.38 bits per heavy atom. The third-order valence-electron chi connectivity index (χ3n) is 3.84. The van der Waals surface area contributed by atoms with E-state index in [4.69, 9.17) is 0 Å². The molecular formula is C14H17NO5S. The van der Waals surface area contributed by atoms with Gasteiger partial charge >= 0.3 is 5.97 Å². The molecule has 0 bridgehead atoms. The van der Waals surface area contributed by atoms with Gasteiger partial charge in [-0.05, 0) is 24.5 Å². The van der Waals surface area contributed by atoms with Gasteiger partial charge in [-0.3, -0.25) is 9.59 Å². The van der Waals surface area contributed by atoms with Crippen LogP contribution in [-0.4, -0.2) is 36.9 Å². The smallest absolute Gasteiger partial charge is 0.311 e. The first-order chi connectivity index (χ1) is 9.71. The number of hydrogen-bond donors (Lipinski definition) is 2. The Bertz CT molecular complexity index is 682. The van der Waals surface area contributed by atoms with Gasteiger partial charge in [-0.15, -0.1) is 0 Å². The van der Waals surface area contributed by atoms with Gasteiger partial charge in [-0.2, -0.15) is 0 Å². The van der Waals surface area contributed by atoms with Crippen LogP contribution >= 0.6 is 0 Å². The second-order valence-corrected chi connectivity index (χ2v) is 7.65. The van der Waals surface area contributed by atoms with E-state index < -0.39 is 38.9 Å². The first-order valence-corrected chi connectivity index (χ1v) is 8.48. The summed E-state index contributed by atoms with van der Waals surface area (Å²) in [6.07, 6.45) is 1.23. The monoisotopic (exact) mass is 311 g/mol. The lowest BCUT2D eigenvalue weighted by atomic mass is 10.0. The molecule has 2 N–H and O–H groups in total. The second-order valence-electron chi connectivity index (χ2n) is 5.29. The third kappa shape index (κ3) is 3.07. The molecule has 0 radical (unpaired) electrons. The highest BCUT2D eigenvalue weighted by atomic mass is 32.2. The molecule has 1 amide bonds. The largest absolute Gasteiger partial charge is 0.481 e. The minimum Gasteiger partial charge on any atom is -0.481 e. The Morgan fingerprint density at radius 2 is 1.86 bits per heavy atom. The molecule has 0 heterocycles. The number of carbonyl (C=O) groups is 2. The number of carbonyl (C=O) groups excluding carboxylic acids is 1. The van der Waals surface area contributed by atoms with E-state index in [0.29, 0.717) is 5.56 Å². The van der Waals surface area contributed by atoms with E-state index in [1.165, 1.54) is 6.92 Å². The van der Waals surface area contributed by atoms with Crippen molar-refractivity contribution < 1.29 is 23.1 Å². The van der Waals surface area contributed by atoms with E-state index in [-0.39, 0.29) is 6.42 Å². The highest BCUT2D eigenvalue weighted by Crippen LogP contribution is 2.40. The number of fused-ring (bicyclic) bond motifs is 1. The number of amides is 1. The van der Waals surface area contributed by atoms with E-state index in [2.05, 4.69) is 5.32 Å². The van der Waals surface area contributed by atoms with Crippen molar-refractivity contribution in [3.8, 4) is 0 Å². The molecule has 0 aliphatic heterocycles. The number of hydrogen-bond acceptors (Lipinski definition) is 4. The molecule has 6 nitrogen and oxygen atoms in total. The van der Waals surface area contributed by atoms with E-state index >= 15 is 0 Å². The summed E-state index contributed by atoms with van der Waals surface area (Å²) in [5, 5.41) is 10.7. The van der Waals surface area contributed by atoms with Crippen molar-refractivity contribution in [2.24, 2.45) is 0 Å². The van der Waals surface area contributed by atoms with E-state index in [9.17, 15) is 23.1 Å². The average Bonchev–Trinajstić information content (AvgIpc) is 2.76. The highest BCUT2D eigenvalue weighted by molar-refractivity contribution is 7.92. The summed E-state index contributed by atoms with van der Waals surface area (Å²) in [5.41, 5.74) is 1.40. The first-order valence-electron chi connectivity index (χ1n) is 6.52. The number of aliphatic carboxylic acids is 1. The van der Waals surface area contributed by atoms with Crippen molar-refractivity contribution in [2.75, 3.05) is 6.26 Å². The molecule has 114 valence electrons. The van der Waals surface area contributed by atoms with Crippen molar-refractivity contribution >= 4 is 21.7 Å². The predicted octanol–water partition coefficient (Wildman–Crippen LogP) is 0.849. The fraction of sp³-hybridized carbons (Fsp3) is 0.429. The van der Waals surface area contributed by atoms with Gasteiger partial charge < -0.3 is 10.4 Å². The number of rotatable bonds is 4. The molecular weight excluding hydrogens is 294 g/mol. The fourth-order valence-corrected chi connectivity index (χ4v) is 2.95. The SMILES string of the molecule is CC(C(=O)NC1CC(C(=O)O)c2ccccc21)S(C)(=O)=O. The van der Waals surface area contributed by atoms with Crippen molar-refractivity contribution in [1.82, 2.24) is 5.32 Å². The summed E-state index contributed by atoms with van der Waals surface area (Å²) in [6, 6.07) is 6.52. The number of carboxylic acid groups (broad SMARTS) is 1. The van der Waals surface area contributed by atoms with Crippen LogP contribution in [0.15, 0.2) is 24.3 Å². The zero-order valence-corrected chi connectivity index (χ0v) is 12.6. The van der Waals surface area contributed by atoms with Crippen molar-refractivity contribution in [3.05, 3.63) is 35.4 Å². The normalized spacial score (nSPS) is 22.4. The first kappa shape index (κ1) is 15.5. The van der Waals surface area contributed by atoms with Crippen molar-refractivity contribution in [2.45, 2.75) is 30.6 Å². The minimum atomic E-state index is -3.48. The van der Waals surface area contributed by atoms with Crippen LogP contribution in [0.1, 0.15) is 36.4 Å². The molecule has 0 spiro atoms. The van der Waals surface area contributed by atoms with Gasteiger partial charge in [0.05, 0.1) is 12.0 Å². The number of sulfone groups is 1. The molecule has 0 saturated heterocycles. The topological polar surface area (TPSA) is 101 Å². The number of nitrogens with one attached hydrogen (secondary N) is 1. The quantitative estimate of drug-likeness (QED) is 0.858. The van der Waals surface area contributed by atoms with Gasteiger partial charge in [0.25, 0.3) is 0 Å². The molecule has 0 saturated carbocycles. The Balaban J connectivity index is 2.23. The molecule has 21 heavy (non-hydrogen) atoms. The van der Waals surface area contributed by atoms with Gasteiger partial charge in [0.1, 0.15) is 5.25 Å². The van der Waals surface area contributed by atoms with Crippen LogP contribution in [0.5, 0.6) is 0 Å². The Labute approximate surface area is 123 Å². The zero-order valence-electron chi connectivity index (χ0n) is 11.7. The standard InChI is InChI=1S/C14H17NO5S/c1-8(21(2,19)20)13(16)15-12-7-11(14(17)18)9-5-3-4-6-10(9)12/h3-6,8,11-12H,7H2,1-2H3,(H,15,16)(H,17,18). The molecule has 3 atom stereocenters. The number of carboxylic acids is 1. The number of benzene rings is 1. The molecule has 3 unspecified atom stereocenters. The summed E-state index contributed by atoms with van der Waals surface area (Å²) >= 11 is 0. The fourth-order valence-electron chi connectivity index (χ4n) is 2.49. The Kier molecular flexibility index (Phi) is 4.04. The Morgan fingerprint density at radius 1 is 1.29 bits per heavy atom. The summed E-state index contributed by atoms with van der Waals surface area (Å²) < 4.78 is 22.8. The van der Waals surface area contributed by atoms with Crippen LogP contribution in [0.2, 0.25) is 0 Å². The lowest BCUT2D eigenvalue weighted by Crippen LogP contribution is -2.39.